The van der Waals surface area contributed by atoms with E-state index in [1.54, 1.807) is 18.3 Å². The second kappa shape index (κ2) is 5.32. The molecule has 0 amide bonds. The Morgan fingerprint density at radius 1 is 0.850 bits per heavy atom. The summed E-state index contributed by atoms with van der Waals surface area (Å²) in [4.78, 5) is 0. The van der Waals surface area contributed by atoms with Gasteiger partial charge in [-0.2, -0.15) is 5.10 Å². The summed E-state index contributed by atoms with van der Waals surface area (Å²) < 4.78 is 1.81. The summed E-state index contributed by atoms with van der Waals surface area (Å²) in [5, 5.41) is 22.5. The lowest BCUT2D eigenvalue weighted by atomic mass is 9.80. The van der Waals surface area contributed by atoms with E-state index in [1.807, 2.05) is 53.3 Å². The molecule has 4 nitrogen and oxygen atoms in total. The maximum atomic E-state index is 9.08. The fourth-order valence-corrected chi connectivity index (χ4v) is 2.04. The van der Waals surface area contributed by atoms with E-state index in [2.05, 4.69) is 5.10 Å². The minimum atomic E-state index is -1.43. The monoisotopic (exact) mass is 264 g/mol. The van der Waals surface area contributed by atoms with Crippen LogP contribution in [0.15, 0.2) is 67.0 Å². The second-order valence-electron chi connectivity index (χ2n) is 4.50. The molecule has 0 aliphatic heterocycles. The maximum Gasteiger partial charge on any atom is 0.488 e. The molecule has 0 atom stereocenters. The molecule has 0 fully saturated rings. The Kier molecular flexibility index (Phi) is 3.37. The van der Waals surface area contributed by atoms with Crippen molar-refractivity contribution < 1.29 is 10.0 Å². The molecule has 0 saturated carbocycles. The largest absolute Gasteiger partial charge is 0.488 e. The van der Waals surface area contributed by atoms with Crippen LogP contribution in [0.4, 0.5) is 0 Å². The van der Waals surface area contributed by atoms with Gasteiger partial charge >= 0.3 is 7.12 Å². The van der Waals surface area contributed by atoms with E-state index in [-0.39, 0.29) is 0 Å². The summed E-state index contributed by atoms with van der Waals surface area (Å²) in [6.45, 7) is 0. The smallest absolute Gasteiger partial charge is 0.423 e. The highest BCUT2D eigenvalue weighted by atomic mass is 16.4. The molecule has 0 unspecified atom stereocenters. The number of hydrogen-bond donors (Lipinski definition) is 2. The van der Waals surface area contributed by atoms with Crippen molar-refractivity contribution in [3.8, 4) is 16.8 Å². The molecule has 0 radical (unpaired) electrons. The minimum Gasteiger partial charge on any atom is -0.423 e. The van der Waals surface area contributed by atoms with Gasteiger partial charge in [0.25, 0.3) is 0 Å². The molecule has 1 heterocycles. The van der Waals surface area contributed by atoms with Crippen molar-refractivity contribution in [1.82, 2.24) is 9.78 Å². The first-order valence-corrected chi connectivity index (χ1v) is 6.30. The van der Waals surface area contributed by atoms with Crippen molar-refractivity contribution >= 4 is 12.6 Å². The molecule has 1 aromatic heterocycles. The molecule has 0 spiro atoms. The summed E-state index contributed by atoms with van der Waals surface area (Å²) >= 11 is 0. The van der Waals surface area contributed by atoms with Crippen molar-refractivity contribution in [1.29, 1.82) is 0 Å². The van der Waals surface area contributed by atoms with Crippen molar-refractivity contribution in [3.05, 3.63) is 67.0 Å². The first-order valence-electron chi connectivity index (χ1n) is 6.30. The molecule has 2 N–H and O–H groups in total. The Hall–Kier alpha value is -2.37. The highest BCUT2D eigenvalue weighted by Gasteiger charge is 2.10. The van der Waals surface area contributed by atoms with Crippen molar-refractivity contribution in [2.45, 2.75) is 0 Å². The van der Waals surface area contributed by atoms with Crippen molar-refractivity contribution in [2.24, 2.45) is 0 Å². The van der Waals surface area contributed by atoms with Crippen LogP contribution in [0.25, 0.3) is 16.8 Å². The fourth-order valence-electron chi connectivity index (χ4n) is 2.04. The van der Waals surface area contributed by atoms with Crippen LogP contribution < -0.4 is 5.46 Å². The van der Waals surface area contributed by atoms with Crippen LogP contribution in [0.5, 0.6) is 0 Å². The number of para-hydroxylation sites is 1. The molecular weight excluding hydrogens is 251 g/mol. The quantitative estimate of drug-likeness (QED) is 0.699. The summed E-state index contributed by atoms with van der Waals surface area (Å²) in [5.41, 5.74) is 3.44. The Morgan fingerprint density at radius 2 is 1.55 bits per heavy atom. The van der Waals surface area contributed by atoms with Crippen LogP contribution in [0.1, 0.15) is 0 Å². The van der Waals surface area contributed by atoms with E-state index < -0.39 is 7.12 Å². The lowest BCUT2D eigenvalue weighted by molar-refractivity contribution is 0.426. The molecule has 5 heteroatoms. The summed E-state index contributed by atoms with van der Waals surface area (Å²) in [7, 11) is -1.43. The normalized spacial score (nSPS) is 10.5. The van der Waals surface area contributed by atoms with Gasteiger partial charge in [-0.3, -0.25) is 0 Å². The molecule has 0 aliphatic carbocycles. The number of benzene rings is 2. The fraction of sp³-hybridized carbons (Fsp3) is 0. The van der Waals surface area contributed by atoms with Gasteiger partial charge in [-0.25, -0.2) is 4.68 Å². The molecular formula is C15H13BN2O2. The number of hydrogen-bond acceptors (Lipinski definition) is 3. The van der Waals surface area contributed by atoms with E-state index in [4.69, 9.17) is 10.0 Å². The average molecular weight is 264 g/mol. The van der Waals surface area contributed by atoms with Crippen LogP contribution >= 0.6 is 0 Å². The molecule has 0 saturated heterocycles. The number of nitrogens with zero attached hydrogens (tertiary/aromatic N) is 2. The third-order valence-corrected chi connectivity index (χ3v) is 3.15. The third kappa shape index (κ3) is 2.50. The number of rotatable bonds is 3. The Labute approximate surface area is 117 Å². The zero-order valence-electron chi connectivity index (χ0n) is 10.7. The van der Waals surface area contributed by atoms with Gasteiger partial charge in [0.05, 0.1) is 11.9 Å². The third-order valence-electron chi connectivity index (χ3n) is 3.15. The molecule has 20 heavy (non-hydrogen) atoms. The number of aromatic nitrogens is 2. The van der Waals surface area contributed by atoms with Gasteiger partial charge in [-0.15, -0.1) is 0 Å². The van der Waals surface area contributed by atoms with E-state index in [9.17, 15) is 0 Å². The van der Waals surface area contributed by atoms with Crippen LogP contribution in [-0.2, 0) is 0 Å². The summed E-state index contributed by atoms with van der Waals surface area (Å²) in [5.74, 6) is 0. The standard InChI is InChI=1S/C15H13BN2O2/c19-16(20)14-8-6-12(7-9-14)13-10-17-18(11-13)15-4-2-1-3-5-15/h1-11,19-20H. The Morgan fingerprint density at radius 3 is 2.20 bits per heavy atom. The molecule has 2 aromatic carbocycles. The van der Waals surface area contributed by atoms with Crippen molar-refractivity contribution in [3.63, 3.8) is 0 Å². The first-order chi connectivity index (χ1) is 9.74. The van der Waals surface area contributed by atoms with Gasteiger partial charge in [-0.05, 0) is 23.2 Å². The lowest BCUT2D eigenvalue weighted by Crippen LogP contribution is -2.29. The van der Waals surface area contributed by atoms with Gasteiger partial charge < -0.3 is 10.0 Å². The van der Waals surface area contributed by atoms with Gasteiger partial charge in [0, 0.05) is 11.8 Å². The highest BCUT2D eigenvalue weighted by molar-refractivity contribution is 6.58. The highest BCUT2D eigenvalue weighted by Crippen LogP contribution is 2.19. The molecule has 0 bridgehead atoms. The molecule has 98 valence electrons. The summed E-state index contributed by atoms with van der Waals surface area (Å²) in [6, 6.07) is 17.0. The zero-order valence-corrected chi connectivity index (χ0v) is 10.7. The SMILES string of the molecule is OB(O)c1ccc(-c2cnn(-c3ccccc3)c2)cc1. The molecule has 3 rings (SSSR count). The molecule has 3 aromatic rings. The van der Waals surface area contributed by atoms with E-state index in [0.29, 0.717) is 5.46 Å². The predicted octanol–water partition coefficient (Wildman–Crippen LogP) is 1.22. The predicted molar refractivity (Wildman–Crippen MR) is 78.8 cm³/mol. The van der Waals surface area contributed by atoms with E-state index in [1.165, 1.54) is 0 Å². The van der Waals surface area contributed by atoms with Crippen LogP contribution in [0, 0.1) is 0 Å². The van der Waals surface area contributed by atoms with Crippen LogP contribution in [-0.4, -0.2) is 26.9 Å². The minimum absolute atomic E-state index is 0.476. The lowest BCUT2D eigenvalue weighted by Gasteiger charge is -2.01. The Balaban J connectivity index is 1.90. The first kappa shape index (κ1) is 12.7. The van der Waals surface area contributed by atoms with E-state index >= 15 is 0 Å². The zero-order chi connectivity index (χ0) is 13.9. The van der Waals surface area contributed by atoms with Gasteiger partial charge in [0.2, 0.25) is 0 Å². The van der Waals surface area contributed by atoms with Gasteiger partial charge in [0.1, 0.15) is 0 Å². The second-order valence-corrected chi connectivity index (χ2v) is 4.50. The van der Waals surface area contributed by atoms with Gasteiger partial charge in [-0.1, -0.05) is 42.5 Å². The van der Waals surface area contributed by atoms with Crippen molar-refractivity contribution in [2.75, 3.05) is 0 Å². The van der Waals surface area contributed by atoms with Crippen LogP contribution in [0.2, 0.25) is 0 Å². The van der Waals surface area contributed by atoms with Gasteiger partial charge in [0.15, 0.2) is 0 Å². The maximum absolute atomic E-state index is 9.08. The van der Waals surface area contributed by atoms with Crippen LogP contribution in [0.3, 0.4) is 0 Å². The average Bonchev–Trinajstić information content (AvgIpc) is 2.98. The topological polar surface area (TPSA) is 58.3 Å². The molecule has 0 aliphatic rings. The Bertz CT molecular complexity index is 693. The summed E-state index contributed by atoms with van der Waals surface area (Å²) in [6.07, 6.45) is 3.73. The van der Waals surface area contributed by atoms with E-state index in [0.717, 1.165) is 16.8 Å².